The molecule has 0 spiro atoms. The summed E-state index contributed by atoms with van der Waals surface area (Å²) in [5.74, 6) is 1.04. The van der Waals surface area contributed by atoms with Gasteiger partial charge in [0.15, 0.2) is 5.78 Å². The predicted octanol–water partition coefficient (Wildman–Crippen LogP) is 5.18. The maximum Gasteiger partial charge on any atom is 0.251 e. The van der Waals surface area contributed by atoms with Crippen molar-refractivity contribution in [2.45, 2.75) is 39.5 Å². The zero-order valence-electron chi connectivity index (χ0n) is 14.8. The van der Waals surface area contributed by atoms with Gasteiger partial charge in [-0.2, -0.15) is 0 Å². The molecule has 4 heteroatoms. The summed E-state index contributed by atoms with van der Waals surface area (Å²) in [5.41, 5.74) is 3.47. The SMILES string of the molecule is C=C(C(=O)Nc1ccc(Cl)cc1)[C@H]1CCC(C)[C@@H]2CC(=O)C(C)=C2C1. The molecule has 1 aromatic carbocycles. The molecule has 1 unspecified atom stereocenters. The number of allylic oxidation sites excluding steroid dienone is 2. The number of rotatable bonds is 3. The number of halogens is 1. The Morgan fingerprint density at radius 2 is 1.88 bits per heavy atom. The molecule has 0 aliphatic heterocycles. The Kier molecular flexibility index (Phi) is 5.14. The molecule has 0 heterocycles. The van der Waals surface area contributed by atoms with Gasteiger partial charge in [0.2, 0.25) is 0 Å². The van der Waals surface area contributed by atoms with E-state index >= 15 is 0 Å². The summed E-state index contributed by atoms with van der Waals surface area (Å²) in [7, 11) is 0. The van der Waals surface area contributed by atoms with Crippen LogP contribution in [0, 0.1) is 17.8 Å². The van der Waals surface area contributed by atoms with E-state index in [4.69, 9.17) is 11.6 Å². The summed E-state index contributed by atoms with van der Waals surface area (Å²) in [6, 6.07) is 7.05. The molecule has 132 valence electrons. The molecule has 1 N–H and O–H groups in total. The molecule has 3 rings (SSSR count). The summed E-state index contributed by atoms with van der Waals surface area (Å²) >= 11 is 5.88. The quantitative estimate of drug-likeness (QED) is 0.758. The number of hydrogen-bond donors (Lipinski definition) is 1. The minimum atomic E-state index is -0.152. The summed E-state index contributed by atoms with van der Waals surface area (Å²) in [4.78, 5) is 24.7. The fourth-order valence-corrected chi connectivity index (χ4v) is 4.17. The lowest BCUT2D eigenvalue weighted by Crippen LogP contribution is -2.20. The lowest BCUT2D eigenvalue weighted by atomic mass is 9.86. The molecular formula is C21H24ClNO2. The lowest BCUT2D eigenvalue weighted by Gasteiger charge is -2.19. The Balaban J connectivity index is 1.74. The van der Waals surface area contributed by atoms with E-state index in [1.165, 1.54) is 5.57 Å². The van der Waals surface area contributed by atoms with Crippen molar-refractivity contribution in [2.75, 3.05) is 5.32 Å². The molecule has 1 fully saturated rings. The Morgan fingerprint density at radius 1 is 1.20 bits per heavy atom. The largest absolute Gasteiger partial charge is 0.322 e. The first kappa shape index (κ1) is 17.9. The number of benzene rings is 1. The molecule has 1 saturated carbocycles. The zero-order chi connectivity index (χ0) is 18.1. The second-order valence-electron chi connectivity index (χ2n) is 7.33. The van der Waals surface area contributed by atoms with Crippen molar-refractivity contribution < 1.29 is 9.59 Å². The molecule has 3 atom stereocenters. The van der Waals surface area contributed by atoms with Crippen molar-refractivity contribution in [3.8, 4) is 0 Å². The molecule has 25 heavy (non-hydrogen) atoms. The van der Waals surface area contributed by atoms with Gasteiger partial charge in [0.05, 0.1) is 0 Å². The summed E-state index contributed by atoms with van der Waals surface area (Å²) in [6.07, 6.45) is 3.38. The third kappa shape index (κ3) is 3.72. The minimum Gasteiger partial charge on any atom is -0.322 e. The van der Waals surface area contributed by atoms with Crippen molar-refractivity contribution in [3.63, 3.8) is 0 Å². The normalized spacial score (nSPS) is 26.2. The van der Waals surface area contributed by atoms with Gasteiger partial charge in [0, 0.05) is 22.7 Å². The van der Waals surface area contributed by atoms with Crippen LogP contribution in [0.3, 0.4) is 0 Å². The van der Waals surface area contributed by atoms with Gasteiger partial charge in [0.25, 0.3) is 5.91 Å². The number of fused-ring (bicyclic) bond motifs is 1. The van der Waals surface area contributed by atoms with E-state index in [-0.39, 0.29) is 17.6 Å². The number of carbonyl (C=O) groups is 2. The average Bonchev–Trinajstić information content (AvgIpc) is 2.77. The molecule has 0 radical (unpaired) electrons. The Morgan fingerprint density at radius 3 is 2.56 bits per heavy atom. The van der Waals surface area contributed by atoms with Crippen molar-refractivity contribution in [3.05, 3.63) is 52.6 Å². The number of nitrogens with one attached hydrogen (secondary N) is 1. The minimum absolute atomic E-state index is 0.0931. The number of amides is 1. The van der Waals surface area contributed by atoms with Gasteiger partial charge in [-0.25, -0.2) is 0 Å². The Labute approximate surface area is 154 Å². The average molecular weight is 358 g/mol. The van der Waals surface area contributed by atoms with Gasteiger partial charge in [0.1, 0.15) is 0 Å². The third-order valence-electron chi connectivity index (χ3n) is 5.76. The molecule has 3 nitrogen and oxygen atoms in total. The molecule has 2 aliphatic carbocycles. The monoisotopic (exact) mass is 357 g/mol. The summed E-state index contributed by atoms with van der Waals surface area (Å²) in [6.45, 7) is 8.22. The highest BCUT2D eigenvalue weighted by Gasteiger charge is 2.37. The summed E-state index contributed by atoms with van der Waals surface area (Å²) < 4.78 is 0. The summed E-state index contributed by atoms with van der Waals surface area (Å²) in [5, 5.41) is 3.53. The van der Waals surface area contributed by atoms with Crippen LogP contribution in [0.5, 0.6) is 0 Å². The highest BCUT2D eigenvalue weighted by atomic mass is 35.5. The first-order chi connectivity index (χ1) is 11.9. The smallest absolute Gasteiger partial charge is 0.251 e. The molecule has 0 aromatic heterocycles. The van der Waals surface area contributed by atoms with Crippen molar-refractivity contribution in [1.82, 2.24) is 0 Å². The van der Waals surface area contributed by atoms with Gasteiger partial charge in [-0.15, -0.1) is 0 Å². The van der Waals surface area contributed by atoms with Gasteiger partial charge in [-0.1, -0.05) is 30.7 Å². The van der Waals surface area contributed by atoms with E-state index in [2.05, 4.69) is 18.8 Å². The van der Waals surface area contributed by atoms with E-state index in [1.54, 1.807) is 24.3 Å². The molecule has 1 aromatic rings. The van der Waals surface area contributed by atoms with Crippen LogP contribution in [0.4, 0.5) is 5.69 Å². The van der Waals surface area contributed by atoms with Gasteiger partial charge < -0.3 is 5.32 Å². The maximum atomic E-state index is 12.6. The number of anilines is 1. The number of ketones is 1. The molecule has 0 bridgehead atoms. The lowest BCUT2D eigenvalue weighted by molar-refractivity contribution is -0.115. The van der Waals surface area contributed by atoms with Crippen LogP contribution in [0.15, 0.2) is 47.6 Å². The van der Waals surface area contributed by atoms with Gasteiger partial charge in [-0.05, 0) is 73.8 Å². The van der Waals surface area contributed by atoms with Crippen molar-refractivity contribution >= 4 is 29.0 Å². The molecular weight excluding hydrogens is 334 g/mol. The Hall–Kier alpha value is -1.87. The van der Waals surface area contributed by atoms with Crippen LogP contribution in [0.25, 0.3) is 0 Å². The fraction of sp³-hybridized carbons (Fsp3) is 0.429. The van der Waals surface area contributed by atoms with Crippen molar-refractivity contribution in [2.24, 2.45) is 17.8 Å². The van der Waals surface area contributed by atoms with Crippen LogP contribution in [0.1, 0.15) is 39.5 Å². The van der Waals surface area contributed by atoms with Crippen LogP contribution in [0.2, 0.25) is 5.02 Å². The van der Waals surface area contributed by atoms with Crippen LogP contribution in [-0.2, 0) is 9.59 Å². The molecule has 2 aliphatic rings. The van der Waals surface area contributed by atoms with E-state index in [0.717, 1.165) is 24.8 Å². The fourth-order valence-electron chi connectivity index (χ4n) is 4.04. The van der Waals surface area contributed by atoms with Crippen LogP contribution < -0.4 is 5.32 Å². The van der Waals surface area contributed by atoms with E-state index in [9.17, 15) is 9.59 Å². The highest BCUT2D eigenvalue weighted by molar-refractivity contribution is 6.30. The van der Waals surface area contributed by atoms with Crippen LogP contribution in [-0.4, -0.2) is 11.7 Å². The second-order valence-corrected chi connectivity index (χ2v) is 7.76. The zero-order valence-corrected chi connectivity index (χ0v) is 15.5. The van der Waals surface area contributed by atoms with Crippen molar-refractivity contribution in [1.29, 1.82) is 0 Å². The van der Waals surface area contributed by atoms with E-state index in [0.29, 0.717) is 34.5 Å². The van der Waals surface area contributed by atoms with E-state index in [1.807, 2.05) is 6.92 Å². The molecule has 1 amide bonds. The highest BCUT2D eigenvalue weighted by Crippen LogP contribution is 2.45. The Bertz CT molecular complexity index is 748. The van der Waals surface area contributed by atoms with Gasteiger partial charge in [-0.3, -0.25) is 9.59 Å². The van der Waals surface area contributed by atoms with E-state index < -0.39 is 0 Å². The number of Topliss-reactive ketones (excluding diaryl/α,β-unsaturated/α-hetero) is 1. The predicted molar refractivity (Wildman–Crippen MR) is 102 cm³/mol. The van der Waals surface area contributed by atoms with Gasteiger partial charge >= 0.3 is 0 Å². The third-order valence-corrected chi connectivity index (χ3v) is 6.02. The first-order valence-electron chi connectivity index (χ1n) is 8.85. The number of carbonyl (C=O) groups excluding carboxylic acids is 2. The topological polar surface area (TPSA) is 46.2 Å². The maximum absolute atomic E-state index is 12.6. The molecule has 0 saturated heterocycles. The number of hydrogen-bond acceptors (Lipinski definition) is 2. The standard InChI is InChI=1S/C21H24ClNO2/c1-12-4-5-15(10-19-14(3)20(24)11-18(12)19)13(2)21(25)23-17-8-6-16(22)7-9-17/h6-9,12,15,18H,2,4-5,10-11H2,1,3H3,(H,23,25)/t12?,15-,18-/m0/s1. The van der Waals surface area contributed by atoms with Crippen LogP contribution >= 0.6 is 11.6 Å². The first-order valence-corrected chi connectivity index (χ1v) is 9.23. The second kappa shape index (κ2) is 7.17.